The zero-order valence-corrected chi connectivity index (χ0v) is 16.9. The maximum Gasteiger partial charge on any atom is 0.269 e. The van der Waals surface area contributed by atoms with Gasteiger partial charge in [0.2, 0.25) is 5.91 Å². The number of aryl methyl sites for hydroxylation is 2. The van der Waals surface area contributed by atoms with Crippen molar-refractivity contribution in [2.75, 3.05) is 0 Å². The molecule has 4 saturated carbocycles. The highest BCUT2D eigenvalue weighted by Gasteiger charge is 2.54. The molecule has 0 saturated heterocycles. The predicted octanol–water partition coefficient (Wildman–Crippen LogP) is 4.02. The quantitative estimate of drug-likeness (QED) is 0.677. The molecule has 0 atom stereocenters. The van der Waals surface area contributed by atoms with Gasteiger partial charge >= 0.3 is 0 Å². The van der Waals surface area contributed by atoms with Gasteiger partial charge in [-0.3, -0.25) is 20.4 Å². The van der Waals surface area contributed by atoms with Crippen molar-refractivity contribution in [2.45, 2.75) is 64.2 Å². The van der Waals surface area contributed by atoms with Gasteiger partial charge in [-0.2, -0.15) is 0 Å². The highest BCUT2D eigenvalue weighted by molar-refractivity contribution is 6.00. The van der Waals surface area contributed by atoms with E-state index in [1.165, 1.54) is 43.4 Å². The van der Waals surface area contributed by atoms with E-state index in [9.17, 15) is 9.59 Å². The van der Waals surface area contributed by atoms with Crippen molar-refractivity contribution in [2.24, 2.45) is 23.2 Å². The maximum atomic E-state index is 13.1. The number of hydrogen-bond acceptors (Lipinski definition) is 2. The summed E-state index contributed by atoms with van der Waals surface area (Å²) >= 11 is 0. The van der Waals surface area contributed by atoms with Gasteiger partial charge in [0.25, 0.3) is 5.91 Å². The first kappa shape index (κ1) is 17.5. The van der Waals surface area contributed by atoms with E-state index in [0.717, 1.165) is 43.0 Å². The van der Waals surface area contributed by atoms with Gasteiger partial charge in [-0.05, 0) is 106 Å². The van der Waals surface area contributed by atoms with Gasteiger partial charge < -0.3 is 4.98 Å². The average Bonchev–Trinajstić information content (AvgIpc) is 3.08. The number of carbonyl (C=O) groups is 2. The largest absolute Gasteiger partial charge is 0.358 e. The molecule has 0 aliphatic heterocycles. The van der Waals surface area contributed by atoms with Crippen LogP contribution in [0.25, 0.3) is 10.9 Å². The Balaban J connectivity index is 1.18. The van der Waals surface area contributed by atoms with E-state index < -0.39 is 0 Å². The number of benzene rings is 1. The molecule has 0 radical (unpaired) electrons. The molecule has 2 amide bonds. The number of amides is 2. The number of rotatable bonds is 2. The molecule has 5 heteroatoms. The fourth-order valence-electron chi connectivity index (χ4n) is 7.25. The number of carbonyl (C=O) groups excluding carboxylic acids is 2. The Morgan fingerprint density at radius 3 is 2.34 bits per heavy atom. The summed E-state index contributed by atoms with van der Waals surface area (Å²) in [5.74, 6) is 1.94. The van der Waals surface area contributed by atoms with Crippen LogP contribution in [0, 0.1) is 23.2 Å². The molecule has 2 aromatic rings. The van der Waals surface area contributed by atoms with Gasteiger partial charge in [-0.15, -0.1) is 0 Å². The molecule has 29 heavy (non-hydrogen) atoms. The van der Waals surface area contributed by atoms with Crippen LogP contribution >= 0.6 is 0 Å². The van der Waals surface area contributed by atoms with Gasteiger partial charge in [0.05, 0.1) is 5.41 Å². The molecule has 7 rings (SSSR count). The van der Waals surface area contributed by atoms with E-state index in [1.54, 1.807) is 0 Å². The third-order valence-electron chi connectivity index (χ3n) is 8.17. The monoisotopic (exact) mass is 391 g/mol. The predicted molar refractivity (Wildman–Crippen MR) is 111 cm³/mol. The molecule has 4 fully saturated rings. The Hall–Kier alpha value is -2.30. The van der Waals surface area contributed by atoms with Crippen LogP contribution in [0.3, 0.4) is 0 Å². The molecular formula is C24H29N3O2. The number of aromatic nitrogens is 1. The first-order valence-corrected chi connectivity index (χ1v) is 11.3. The van der Waals surface area contributed by atoms with Crippen LogP contribution in [-0.2, 0) is 17.6 Å². The van der Waals surface area contributed by atoms with Gasteiger partial charge in [-0.25, -0.2) is 0 Å². The molecule has 3 N–H and O–H groups in total. The Bertz CT molecular complexity index is 970. The van der Waals surface area contributed by atoms with Gasteiger partial charge in [-0.1, -0.05) is 0 Å². The highest BCUT2D eigenvalue weighted by Crippen LogP contribution is 2.60. The van der Waals surface area contributed by atoms with Crippen LogP contribution in [0.5, 0.6) is 0 Å². The number of fused-ring (bicyclic) bond motifs is 3. The van der Waals surface area contributed by atoms with Crippen LogP contribution in [0.4, 0.5) is 0 Å². The zero-order chi connectivity index (χ0) is 19.6. The van der Waals surface area contributed by atoms with Gasteiger partial charge in [0.1, 0.15) is 0 Å². The summed E-state index contributed by atoms with van der Waals surface area (Å²) in [6, 6.07) is 5.81. The lowest BCUT2D eigenvalue weighted by Gasteiger charge is -2.55. The molecular weight excluding hydrogens is 362 g/mol. The van der Waals surface area contributed by atoms with Crippen LogP contribution in [-0.4, -0.2) is 16.8 Å². The zero-order valence-electron chi connectivity index (χ0n) is 16.9. The summed E-state index contributed by atoms with van der Waals surface area (Å²) in [6.45, 7) is 0. The first-order valence-electron chi connectivity index (χ1n) is 11.3. The van der Waals surface area contributed by atoms with Crippen molar-refractivity contribution >= 4 is 22.7 Å². The lowest BCUT2D eigenvalue weighted by Crippen LogP contribution is -2.56. The molecule has 5 nitrogen and oxygen atoms in total. The average molecular weight is 392 g/mol. The molecule has 0 unspecified atom stereocenters. The van der Waals surface area contributed by atoms with E-state index in [1.807, 2.05) is 18.2 Å². The van der Waals surface area contributed by atoms with Gasteiger partial charge in [0.15, 0.2) is 0 Å². The molecule has 152 valence electrons. The van der Waals surface area contributed by atoms with E-state index >= 15 is 0 Å². The van der Waals surface area contributed by atoms with Crippen molar-refractivity contribution in [3.8, 4) is 0 Å². The first-order chi connectivity index (χ1) is 14.1. The summed E-state index contributed by atoms with van der Waals surface area (Å²) in [5.41, 5.74) is 9.65. The second kappa shape index (κ2) is 6.35. The van der Waals surface area contributed by atoms with Crippen molar-refractivity contribution in [1.82, 2.24) is 15.8 Å². The van der Waals surface area contributed by atoms with Crippen molar-refractivity contribution in [3.05, 3.63) is 35.0 Å². The smallest absolute Gasteiger partial charge is 0.269 e. The second-order valence-electron chi connectivity index (χ2n) is 10.2. The minimum atomic E-state index is -0.244. The number of H-pyrrole nitrogens is 1. The molecule has 5 aliphatic carbocycles. The highest BCUT2D eigenvalue weighted by atomic mass is 16.2. The van der Waals surface area contributed by atoms with E-state index in [0.29, 0.717) is 23.3 Å². The van der Waals surface area contributed by atoms with Crippen LogP contribution in [0.1, 0.15) is 73.0 Å². The fourth-order valence-corrected chi connectivity index (χ4v) is 7.25. The molecule has 1 aromatic heterocycles. The lowest BCUT2D eigenvalue weighted by atomic mass is 9.49. The summed E-state index contributed by atoms with van der Waals surface area (Å²) in [6.07, 6.45) is 11.5. The fraction of sp³-hybridized carbons (Fsp3) is 0.583. The molecule has 1 heterocycles. The Kier molecular flexibility index (Phi) is 3.84. The molecule has 5 aliphatic rings. The van der Waals surface area contributed by atoms with Crippen LogP contribution < -0.4 is 10.9 Å². The van der Waals surface area contributed by atoms with Gasteiger partial charge in [0, 0.05) is 22.2 Å². The SMILES string of the molecule is O=C(NNC(=O)C12CC3CC(CC(C3)C1)C2)c1ccc2[nH]c3c(c2c1)CCCC3. The number of aromatic amines is 1. The molecule has 4 bridgehead atoms. The van der Waals surface area contributed by atoms with E-state index in [-0.39, 0.29) is 17.2 Å². The van der Waals surface area contributed by atoms with Crippen molar-refractivity contribution in [3.63, 3.8) is 0 Å². The van der Waals surface area contributed by atoms with E-state index in [2.05, 4.69) is 15.8 Å². The van der Waals surface area contributed by atoms with Crippen LogP contribution in [0.15, 0.2) is 18.2 Å². The van der Waals surface area contributed by atoms with Crippen LogP contribution in [0.2, 0.25) is 0 Å². The topological polar surface area (TPSA) is 74.0 Å². The second-order valence-corrected chi connectivity index (χ2v) is 10.2. The Morgan fingerprint density at radius 2 is 1.62 bits per heavy atom. The van der Waals surface area contributed by atoms with Crippen molar-refractivity contribution in [1.29, 1.82) is 0 Å². The minimum absolute atomic E-state index is 0.0325. The standard InChI is InChI=1S/C24H29N3O2/c28-22(17-5-6-21-19(10-17)18-3-1-2-4-20(18)25-21)26-27-23(29)24-11-14-7-15(12-24)9-16(8-14)13-24/h5-6,10,14-16,25H,1-4,7-9,11-13H2,(H,26,28)(H,27,29). The third-order valence-corrected chi connectivity index (χ3v) is 8.17. The lowest BCUT2D eigenvalue weighted by molar-refractivity contribution is -0.147. The minimum Gasteiger partial charge on any atom is -0.358 e. The molecule has 1 aromatic carbocycles. The molecule has 0 spiro atoms. The third kappa shape index (κ3) is 2.81. The number of nitrogens with one attached hydrogen (secondary N) is 3. The number of hydrazine groups is 1. The summed E-state index contributed by atoms with van der Waals surface area (Å²) in [5, 5.41) is 1.15. The maximum absolute atomic E-state index is 13.1. The summed E-state index contributed by atoms with van der Waals surface area (Å²) in [7, 11) is 0. The van der Waals surface area contributed by atoms with Crippen molar-refractivity contribution < 1.29 is 9.59 Å². The Labute approximate surface area is 171 Å². The summed E-state index contributed by atoms with van der Waals surface area (Å²) in [4.78, 5) is 29.3. The summed E-state index contributed by atoms with van der Waals surface area (Å²) < 4.78 is 0. The Morgan fingerprint density at radius 1 is 0.931 bits per heavy atom. The normalized spacial score (nSPS) is 32.2. The number of hydrogen-bond donors (Lipinski definition) is 3. The van der Waals surface area contributed by atoms with E-state index in [4.69, 9.17) is 0 Å².